The highest BCUT2D eigenvalue weighted by Gasteiger charge is 2.14. The number of hydrogen-bond donors (Lipinski definition) is 1. The molecule has 0 spiro atoms. The van der Waals surface area contributed by atoms with E-state index in [2.05, 4.69) is 4.98 Å². The Morgan fingerprint density at radius 3 is 2.47 bits per heavy atom. The van der Waals surface area contributed by atoms with Crippen LogP contribution < -0.4 is 15.2 Å². The van der Waals surface area contributed by atoms with Gasteiger partial charge in [0.25, 0.3) is 0 Å². The highest BCUT2D eigenvalue weighted by Crippen LogP contribution is 2.35. The minimum absolute atomic E-state index is 0.176. The summed E-state index contributed by atoms with van der Waals surface area (Å²) >= 11 is 0. The molecule has 0 aliphatic rings. The van der Waals surface area contributed by atoms with Gasteiger partial charge in [0.1, 0.15) is 17.2 Å². The van der Waals surface area contributed by atoms with Crippen molar-refractivity contribution in [1.82, 2.24) is 4.98 Å². The van der Waals surface area contributed by atoms with E-state index in [4.69, 9.17) is 15.2 Å². The number of methoxy groups -OCH3 is 1. The van der Waals surface area contributed by atoms with E-state index in [0.29, 0.717) is 11.5 Å². The van der Waals surface area contributed by atoms with Gasteiger partial charge in [0.15, 0.2) is 0 Å². The lowest BCUT2D eigenvalue weighted by atomic mass is 10.1. The monoisotopic (exact) mass is 258 g/mol. The van der Waals surface area contributed by atoms with Gasteiger partial charge in [-0.25, -0.2) is 0 Å². The molecule has 0 radical (unpaired) electrons. The first-order chi connectivity index (χ1) is 9.11. The number of aryl methyl sites for hydroxylation is 1. The Kier molecular flexibility index (Phi) is 4.02. The Hall–Kier alpha value is -2.07. The molecule has 1 aromatic carbocycles. The molecule has 0 saturated carbocycles. The number of pyridine rings is 1. The predicted molar refractivity (Wildman–Crippen MR) is 74.6 cm³/mol. The molecule has 4 nitrogen and oxygen atoms in total. The van der Waals surface area contributed by atoms with Gasteiger partial charge < -0.3 is 15.2 Å². The first-order valence-corrected chi connectivity index (χ1v) is 6.15. The quantitative estimate of drug-likeness (QED) is 0.914. The lowest BCUT2D eigenvalue weighted by Gasteiger charge is -2.17. The van der Waals surface area contributed by atoms with Crippen molar-refractivity contribution < 1.29 is 9.47 Å². The van der Waals surface area contributed by atoms with E-state index in [1.54, 1.807) is 13.3 Å². The summed E-state index contributed by atoms with van der Waals surface area (Å²) in [5.41, 5.74) is 7.79. The molecule has 1 aromatic heterocycles. The fourth-order valence-electron chi connectivity index (χ4n) is 1.88. The van der Waals surface area contributed by atoms with E-state index in [1.165, 1.54) is 0 Å². The van der Waals surface area contributed by atoms with Crippen LogP contribution in [0.2, 0.25) is 0 Å². The third-order valence-electron chi connectivity index (χ3n) is 2.81. The SMILES string of the molecule is COc1cccc(Oc2ccc(C)nc2)c1[C@@H](C)N. The molecule has 2 rings (SSSR count). The van der Waals surface area contributed by atoms with Gasteiger partial charge in [-0.2, -0.15) is 0 Å². The summed E-state index contributed by atoms with van der Waals surface area (Å²) in [5.74, 6) is 2.10. The summed E-state index contributed by atoms with van der Waals surface area (Å²) in [7, 11) is 1.62. The van der Waals surface area contributed by atoms with E-state index in [-0.39, 0.29) is 6.04 Å². The Morgan fingerprint density at radius 1 is 1.16 bits per heavy atom. The van der Waals surface area contributed by atoms with Gasteiger partial charge in [-0.05, 0) is 38.1 Å². The van der Waals surface area contributed by atoms with Crippen LogP contribution in [0.1, 0.15) is 24.2 Å². The first kappa shape index (κ1) is 13.4. The van der Waals surface area contributed by atoms with E-state index < -0.39 is 0 Å². The number of rotatable bonds is 4. The van der Waals surface area contributed by atoms with Gasteiger partial charge in [-0.1, -0.05) is 6.07 Å². The largest absolute Gasteiger partial charge is 0.496 e. The molecule has 0 aliphatic heterocycles. The topological polar surface area (TPSA) is 57.4 Å². The van der Waals surface area contributed by atoms with Crippen molar-refractivity contribution >= 4 is 0 Å². The molecule has 100 valence electrons. The van der Waals surface area contributed by atoms with E-state index in [1.807, 2.05) is 44.2 Å². The van der Waals surface area contributed by atoms with Crippen LogP contribution in [0.5, 0.6) is 17.2 Å². The molecule has 19 heavy (non-hydrogen) atoms. The molecule has 1 heterocycles. The van der Waals surface area contributed by atoms with Gasteiger partial charge in [0, 0.05) is 11.7 Å². The van der Waals surface area contributed by atoms with Crippen LogP contribution in [0, 0.1) is 6.92 Å². The van der Waals surface area contributed by atoms with Crippen LogP contribution in [0.3, 0.4) is 0 Å². The molecule has 1 atom stereocenters. The van der Waals surface area contributed by atoms with Gasteiger partial charge >= 0.3 is 0 Å². The van der Waals surface area contributed by atoms with Crippen molar-refractivity contribution in [2.45, 2.75) is 19.9 Å². The van der Waals surface area contributed by atoms with E-state index in [0.717, 1.165) is 17.0 Å². The number of benzene rings is 1. The average Bonchev–Trinajstić information content (AvgIpc) is 2.40. The summed E-state index contributed by atoms with van der Waals surface area (Å²) in [6.45, 7) is 3.83. The highest BCUT2D eigenvalue weighted by molar-refractivity contribution is 5.48. The summed E-state index contributed by atoms with van der Waals surface area (Å²) in [6, 6.07) is 9.24. The molecule has 0 unspecified atom stereocenters. The van der Waals surface area contributed by atoms with Crippen molar-refractivity contribution in [3.05, 3.63) is 47.8 Å². The third kappa shape index (κ3) is 3.03. The zero-order valence-electron chi connectivity index (χ0n) is 11.4. The molecule has 2 aromatic rings. The van der Waals surface area contributed by atoms with Crippen molar-refractivity contribution in [3.63, 3.8) is 0 Å². The van der Waals surface area contributed by atoms with Crippen LogP contribution in [-0.4, -0.2) is 12.1 Å². The Balaban J connectivity index is 2.36. The fraction of sp³-hybridized carbons (Fsp3) is 0.267. The molecule has 0 aliphatic carbocycles. The zero-order valence-corrected chi connectivity index (χ0v) is 11.4. The van der Waals surface area contributed by atoms with Crippen molar-refractivity contribution in [3.8, 4) is 17.2 Å². The second-order valence-corrected chi connectivity index (χ2v) is 4.40. The molecular formula is C15H18N2O2. The maximum absolute atomic E-state index is 5.99. The van der Waals surface area contributed by atoms with E-state index >= 15 is 0 Å². The van der Waals surface area contributed by atoms with Crippen LogP contribution >= 0.6 is 0 Å². The highest BCUT2D eigenvalue weighted by atomic mass is 16.5. The molecule has 2 N–H and O–H groups in total. The summed E-state index contributed by atoms with van der Waals surface area (Å²) in [6.07, 6.45) is 1.69. The Morgan fingerprint density at radius 2 is 1.89 bits per heavy atom. The summed E-state index contributed by atoms with van der Waals surface area (Å²) in [4.78, 5) is 4.20. The minimum Gasteiger partial charge on any atom is -0.496 e. The molecular weight excluding hydrogens is 240 g/mol. The second-order valence-electron chi connectivity index (χ2n) is 4.40. The molecule has 0 bridgehead atoms. The summed E-state index contributed by atoms with van der Waals surface area (Å²) < 4.78 is 11.2. The van der Waals surface area contributed by atoms with Crippen LogP contribution in [0.25, 0.3) is 0 Å². The second kappa shape index (κ2) is 5.71. The lowest BCUT2D eigenvalue weighted by molar-refractivity contribution is 0.397. The normalized spacial score (nSPS) is 12.0. The van der Waals surface area contributed by atoms with Crippen molar-refractivity contribution in [2.24, 2.45) is 5.73 Å². The standard InChI is InChI=1S/C15H18N2O2/c1-10-7-8-12(9-17-10)19-14-6-4-5-13(18-3)15(14)11(2)16/h4-9,11H,16H2,1-3H3/t11-/m1/s1. The number of aromatic nitrogens is 1. The number of hydrogen-bond acceptors (Lipinski definition) is 4. The zero-order chi connectivity index (χ0) is 13.8. The number of ether oxygens (including phenoxy) is 2. The van der Waals surface area contributed by atoms with Gasteiger partial charge in [0.05, 0.1) is 18.9 Å². The fourth-order valence-corrected chi connectivity index (χ4v) is 1.88. The Bertz CT molecular complexity index is 551. The minimum atomic E-state index is -0.176. The van der Waals surface area contributed by atoms with Crippen LogP contribution in [-0.2, 0) is 0 Å². The molecule has 0 saturated heterocycles. The molecule has 0 fully saturated rings. The van der Waals surface area contributed by atoms with Crippen molar-refractivity contribution in [2.75, 3.05) is 7.11 Å². The maximum atomic E-state index is 5.99. The summed E-state index contributed by atoms with van der Waals surface area (Å²) in [5, 5.41) is 0. The third-order valence-corrected chi connectivity index (χ3v) is 2.81. The van der Waals surface area contributed by atoms with Crippen LogP contribution in [0.15, 0.2) is 36.5 Å². The van der Waals surface area contributed by atoms with Gasteiger partial charge in [0.2, 0.25) is 0 Å². The molecule has 0 amide bonds. The average molecular weight is 258 g/mol. The smallest absolute Gasteiger partial charge is 0.145 e. The van der Waals surface area contributed by atoms with Gasteiger partial charge in [-0.3, -0.25) is 4.98 Å². The molecule has 4 heteroatoms. The predicted octanol–water partition coefficient (Wildman–Crippen LogP) is 3.21. The number of nitrogens with two attached hydrogens (primary N) is 1. The van der Waals surface area contributed by atoms with Gasteiger partial charge in [-0.15, -0.1) is 0 Å². The van der Waals surface area contributed by atoms with Crippen molar-refractivity contribution in [1.29, 1.82) is 0 Å². The van der Waals surface area contributed by atoms with E-state index in [9.17, 15) is 0 Å². The maximum Gasteiger partial charge on any atom is 0.145 e. The lowest BCUT2D eigenvalue weighted by Crippen LogP contribution is -2.08. The Labute approximate surface area is 113 Å². The number of nitrogens with zero attached hydrogens (tertiary/aromatic N) is 1. The first-order valence-electron chi connectivity index (χ1n) is 6.15. The van der Waals surface area contributed by atoms with Crippen LogP contribution in [0.4, 0.5) is 0 Å².